The Morgan fingerprint density at radius 1 is 0.971 bits per heavy atom. The van der Waals surface area contributed by atoms with Crippen molar-refractivity contribution in [3.05, 3.63) is 71.9 Å². The maximum atomic E-state index is 13.1. The van der Waals surface area contributed by atoms with Gasteiger partial charge in [0.2, 0.25) is 5.91 Å². The van der Waals surface area contributed by atoms with Crippen molar-refractivity contribution in [3.8, 4) is 5.75 Å². The maximum absolute atomic E-state index is 13.1. The van der Waals surface area contributed by atoms with Gasteiger partial charge in [-0.05, 0) is 42.2 Å². The number of fused-ring (bicyclic) bond motifs is 1. The van der Waals surface area contributed by atoms with Crippen LogP contribution in [-0.2, 0) is 11.3 Å². The lowest BCUT2D eigenvalue weighted by atomic mass is 9.99. The van der Waals surface area contributed by atoms with E-state index >= 15 is 0 Å². The Bertz CT molecular complexity index is 1150. The predicted molar refractivity (Wildman–Crippen MR) is 137 cm³/mol. The molecule has 2 aliphatic rings. The average Bonchev–Trinajstić information content (AvgIpc) is 3.17. The molecule has 1 fully saturated rings. The van der Waals surface area contributed by atoms with Crippen LogP contribution >= 0.6 is 0 Å². The third-order valence-electron chi connectivity index (χ3n) is 7.09. The second-order valence-electron chi connectivity index (χ2n) is 9.32. The van der Waals surface area contributed by atoms with Gasteiger partial charge in [0.15, 0.2) is 0 Å². The molecule has 2 aromatic carbocycles. The van der Waals surface area contributed by atoms with Gasteiger partial charge in [-0.3, -0.25) is 14.6 Å². The Kier molecular flexibility index (Phi) is 6.97. The summed E-state index contributed by atoms with van der Waals surface area (Å²) in [6.07, 6.45) is 6.41. The summed E-state index contributed by atoms with van der Waals surface area (Å²) < 4.78 is 5.26. The first-order valence-electron chi connectivity index (χ1n) is 12.3. The fraction of sp³-hybridized carbons (Fsp3) is 0.393. The van der Waals surface area contributed by atoms with Crippen molar-refractivity contribution in [2.45, 2.75) is 19.4 Å². The maximum Gasteiger partial charge on any atom is 0.236 e. The molecule has 2 aliphatic heterocycles. The Hall–Kier alpha value is -3.09. The van der Waals surface area contributed by atoms with Gasteiger partial charge in [0, 0.05) is 68.5 Å². The normalized spacial score (nSPS) is 18.0. The van der Waals surface area contributed by atoms with Crippen molar-refractivity contribution < 1.29 is 9.53 Å². The number of H-pyrrole nitrogens is 1. The number of ether oxygens (including phenoxy) is 1. The van der Waals surface area contributed by atoms with Crippen molar-refractivity contribution >= 4 is 22.4 Å². The van der Waals surface area contributed by atoms with Gasteiger partial charge in [-0.1, -0.05) is 36.4 Å². The van der Waals surface area contributed by atoms with Gasteiger partial charge in [-0.15, -0.1) is 0 Å². The predicted octanol–water partition coefficient (Wildman–Crippen LogP) is 4.00. The van der Waals surface area contributed by atoms with Crippen molar-refractivity contribution in [1.29, 1.82) is 0 Å². The van der Waals surface area contributed by atoms with Crippen LogP contribution < -0.4 is 4.74 Å². The summed E-state index contributed by atoms with van der Waals surface area (Å²) in [5.74, 6) is 1.15. The van der Waals surface area contributed by atoms with E-state index in [-0.39, 0.29) is 5.91 Å². The molecule has 1 saturated heterocycles. The summed E-state index contributed by atoms with van der Waals surface area (Å²) in [5.41, 5.74) is 5.14. The van der Waals surface area contributed by atoms with E-state index in [9.17, 15) is 4.79 Å². The van der Waals surface area contributed by atoms with E-state index in [0.717, 1.165) is 64.4 Å². The fourth-order valence-corrected chi connectivity index (χ4v) is 5.10. The van der Waals surface area contributed by atoms with Crippen molar-refractivity contribution in [2.24, 2.45) is 0 Å². The second kappa shape index (κ2) is 10.5. The molecule has 0 spiro atoms. The number of para-hydroxylation sites is 1. The van der Waals surface area contributed by atoms with E-state index in [1.807, 2.05) is 12.1 Å². The lowest BCUT2D eigenvalue weighted by Crippen LogP contribution is -2.43. The van der Waals surface area contributed by atoms with E-state index in [2.05, 4.69) is 68.4 Å². The molecular weight excluding hydrogens is 424 g/mol. The lowest BCUT2D eigenvalue weighted by molar-refractivity contribution is -0.132. The molecule has 0 saturated carbocycles. The monoisotopic (exact) mass is 458 g/mol. The largest absolute Gasteiger partial charge is 0.497 e. The van der Waals surface area contributed by atoms with Crippen molar-refractivity contribution in [3.63, 3.8) is 0 Å². The Balaban J connectivity index is 1.12. The van der Waals surface area contributed by atoms with Gasteiger partial charge in [-0.2, -0.15) is 0 Å². The molecule has 0 bridgehead atoms. The number of carbonyl (C=O) groups excluding carboxylic acids is 1. The number of hydrogen-bond acceptors (Lipinski definition) is 4. The van der Waals surface area contributed by atoms with E-state index in [1.165, 1.54) is 27.6 Å². The zero-order valence-electron chi connectivity index (χ0n) is 20.0. The molecule has 3 heterocycles. The molecular formula is C28H34N4O2. The first kappa shape index (κ1) is 22.7. The SMILES string of the molecule is COc1ccc(CN2CCCN(C(=O)CN3CC=C(c4c[nH]c5ccccc45)CC3)CC2)cc1. The smallest absolute Gasteiger partial charge is 0.236 e. The Labute approximate surface area is 201 Å². The van der Waals surface area contributed by atoms with E-state index in [0.29, 0.717) is 6.54 Å². The number of nitrogens with zero attached hydrogens (tertiary/aromatic N) is 3. The minimum atomic E-state index is 0.259. The molecule has 6 heteroatoms. The number of carbonyl (C=O) groups is 1. The van der Waals surface area contributed by atoms with Crippen LogP contribution in [0.4, 0.5) is 0 Å². The van der Waals surface area contributed by atoms with Crippen LogP contribution in [0, 0.1) is 0 Å². The van der Waals surface area contributed by atoms with Crippen LogP contribution in [0.25, 0.3) is 16.5 Å². The molecule has 0 radical (unpaired) electrons. The van der Waals surface area contributed by atoms with Gasteiger partial charge in [-0.25, -0.2) is 0 Å². The minimum Gasteiger partial charge on any atom is -0.497 e. The van der Waals surface area contributed by atoms with Crippen LogP contribution in [0.5, 0.6) is 5.75 Å². The van der Waals surface area contributed by atoms with Crippen LogP contribution in [0.1, 0.15) is 24.0 Å². The van der Waals surface area contributed by atoms with Crippen LogP contribution in [0.3, 0.4) is 0 Å². The summed E-state index contributed by atoms with van der Waals surface area (Å²) in [6, 6.07) is 16.7. The van der Waals surface area contributed by atoms with Gasteiger partial charge < -0.3 is 14.6 Å². The molecule has 0 aliphatic carbocycles. The number of aromatic amines is 1. The summed E-state index contributed by atoms with van der Waals surface area (Å²) >= 11 is 0. The third-order valence-corrected chi connectivity index (χ3v) is 7.09. The second-order valence-corrected chi connectivity index (χ2v) is 9.32. The van der Waals surface area contributed by atoms with Crippen LogP contribution in [-0.4, -0.2) is 78.5 Å². The topological polar surface area (TPSA) is 51.8 Å². The standard InChI is InChI=1S/C28H34N4O2/c1-34-24-9-7-22(8-10-24)20-30-13-4-14-32(18-17-30)28(33)21-31-15-11-23(12-16-31)26-19-29-27-6-3-2-5-25(26)27/h2-3,5-11,19,29H,4,12-18,20-21H2,1H3. The number of benzene rings is 2. The highest BCUT2D eigenvalue weighted by molar-refractivity contribution is 5.92. The molecule has 1 N–H and O–H groups in total. The van der Waals surface area contributed by atoms with Gasteiger partial charge in [0.1, 0.15) is 5.75 Å². The van der Waals surface area contributed by atoms with Crippen molar-refractivity contribution in [2.75, 3.05) is 52.9 Å². The van der Waals surface area contributed by atoms with E-state index in [1.54, 1.807) is 7.11 Å². The molecule has 1 aromatic heterocycles. The Morgan fingerprint density at radius 3 is 2.62 bits per heavy atom. The number of amides is 1. The average molecular weight is 459 g/mol. The number of hydrogen-bond donors (Lipinski definition) is 1. The highest BCUT2D eigenvalue weighted by atomic mass is 16.5. The minimum absolute atomic E-state index is 0.259. The van der Waals surface area contributed by atoms with Crippen LogP contribution in [0.2, 0.25) is 0 Å². The molecule has 6 nitrogen and oxygen atoms in total. The Morgan fingerprint density at radius 2 is 1.82 bits per heavy atom. The van der Waals surface area contributed by atoms with E-state index < -0.39 is 0 Å². The van der Waals surface area contributed by atoms with Gasteiger partial charge in [0.05, 0.1) is 13.7 Å². The number of methoxy groups -OCH3 is 1. The van der Waals surface area contributed by atoms with E-state index in [4.69, 9.17) is 4.74 Å². The zero-order valence-corrected chi connectivity index (χ0v) is 20.0. The quantitative estimate of drug-likeness (QED) is 0.607. The lowest BCUT2D eigenvalue weighted by Gasteiger charge is -2.29. The molecule has 0 atom stereocenters. The highest BCUT2D eigenvalue weighted by Gasteiger charge is 2.23. The fourth-order valence-electron chi connectivity index (χ4n) is 5.10. The highest BCUT2D eigenvalue weighted by Crippen LogP contribution is 2.29. The number of nitrogens with one attached hydrogen (secondary N) is 1. The molecule has 0 unspecified atom stereocenters. The summed E-state index contributed by atoms with van der Waals surface area (Å²) in [4.78, 5) is 23.2. The third kappa shape index (κ3) is 5.18. The molecule has 34 heavy (non-hydrogen) atoms. The summed E-state index contributed by atoms with van der Waals surface area (Å²) in [7, 11) is 1.69. The summed E-state index contributed by atoms with van der Waals surface area (Å²) in [5, 5.41) is 1.28. The first-order chi connectivity index (χ1) is 16.7. The van der Waals surface area contributed by atoms with Crippen molar-refractivity contribution in [1.82, 2.24) is 19.7 Å². The molecule has 5 rings (SSSR count). The summed E-state index contributed by atoms with van der Waals surface area (Å²) in [6.45, 7) is 6.78. The van der Waals surface area contributed by atoms with Gasteiger partial charge in [0.25, 0.3) is 0 Å². The molecule has 178 valence electrons. The zero-order chi connectivity index (χ0) is 23.3. The number of rotatable bonds is 6. The first-order valence-corrected chi connectivity index (χ1v) is 12.3. The van der Waals surface area contributed by atoms with Crippen LogP contribution in [0.15, 0.2) is 60.8 Å². The van der Waals surface area contributed by atoms with Gasteiger partial charge >= 0.3 is 0 Å². The molecule has 1 amide bonds. The number of aromatic nitrogens is 1. The molecule has 3 aromatic rings.